The minimum atomic E-state index is 0.509. The van der Waals surface area contributed by atoms with Crippen molar-refractivity contribution < 1.29 is 14.2 Å². The van der Waals surface area contributed by atoms with E-state index in [-0.39, 0.29) is 0 Å². The average molecular weight is 502 g/mol. The molecule has 0 bridgehead atoms. The van der Waals surface area contributed by atoms with Gasteiger partial charge in [0.15, 0.2) is 11.5 Å². The minimum Gasteiger partial charge on any atom is -0.493 e. The molecule has 1 aliphatic rings. The highest BCUT2D eigenvalue weighted by molar-refractivity contribution is 5.84. The van der Waals surface area contributed by atoms with Gasteiger partial charge < -0.3 is 19.1 Å². The summed E-state index contributed by atoms with van der Waals surface area (Å²) in [6.07, 6.45) is 5.51. The van der Waals surface area contributed by atoms with Crippen LogP contribution in [0.4, 0.5) is 0 Å². The fourth-order valence-corrected chi connectivity index (χ4v) is 4.59. The third kappa shape index (κ3) is 7.87. The smallest absolute Gasteiger partial charge is 0.162 e. The molecule has 0 spiro atoms. The van der Waals surface area contributed by atoms with Crippen LogP contribution in [0.5, 0.6) is 17.2 Å². The van der Waals surface area contributed by atoms with Gasteiger partial charge in [0.05, 0.1) is 7.11 Å². The van der Waals surface area contributed by atoms with Crippen molar-refractivity contribution in [1.29, 1.82) is 0 Å². The summed E-state index contributed by atoms with van der Waals surface area (Å²) >= 11 is 0. The van der Waals surface area contributed by atoms with Crippen LogP contribution in [0.2, 0.25) is 0 Å². The van der Waals surface area contributed by atoms with E-state index in [1.54, 1.807) is 7.11 Å². The lowest BCUT2D eigenvalue weighted by Gasteiger charge is -2.22. The van der Waals surface area contributed by atoms with E-state index < -0.39 is 0 Å². The number of nitrogens with zero attached hydrogens (tertiary/aromatic N) is 1. The van der Waals surface area contributed by atoms with Crippen LogP contribution in [0.1, 0.15) is 62.8 Å². The first-order chi connectivity index (χ1) is 18.2. The highest BCUT2D eigenvalue weighted by Crippen LogP contribution is 2.39. The van der Waals surface area contributed by atoms with E-state index in [1.165, 1.54) is 28.7 Å². The van der Waals surface area contributed by atoms with Crippen LogP contribution >= 0.6 is 0 Å². The number of likely N-dealkylation sites (N-methyl/N-ethyl adjacent to an activating group) is 1. The van der Waals surface area contributed by atoms with Crippen molar-refractivity contribution in [3.63, 3.8) is 0 Å². The maximum Gasteiger partial charge on any atom is 0.162 e. The number of fused-ring (bicyclic) bond motifs is 1. The lowest BCUT2D eigenvalue weighted by molar-refractivity contribution is 0.216. The van der Waals surface area contributed by atoms with Gasteiger partial charge >= 0.3 is 0 Å². The number of allylic oxidation sites excluding steroid dienone is 1. The zero-order valence-electron chi connectivity index (χ0n) is 23.3. The molecule has 3 aromatic rings. The van der Waals surface area contributed by atoms with E-state index in [0.29, 0.717) is 13.2 Å². The molecule has 0 saturated carbocycles. The van der Waals surface area contributed by atoms with Gasteiger partial charge in [0, 0.05) is 6.54 Å². The third-order valence-corrected chi connectivity index (χ3v) is 6.51. The Bertz CT molecular complexity index is 1110. The first kappa shape index (κ1) is 28.3. The zero-order valence-corrected chi connectivity index (χ0v) is 23.3. The second-order valence-electron chi connectivity index (χ2n) is 8.90. The van der Waals surface area contributed by atoms with E-state index >= 15 is 0 Å². The number of methoxy groups -OCH3 is 1. The molecule has 0 aliphatic heterocycles. The van der Waals surface area contributed by atoms with Crippen molar-refractivity contribution >= 4 is 5.57 Å². The monoisotopic (exact) mass is 501 g/mol. The molecule has 0 saturated heterocycles. The fraction of sp³-hybridized carbons (Fsp3) is 0.394. The molecule has 0 heterocycles. The molecule has 0 fully saturated rings. The van der Waals surface area contributed by atoms with E-state index in [0.717, 1.165) is 55.3 Å². The van der Waals surface area contributed by atoms with Gasteiger partial charge in [-0.25, -0.2) is 0 Å². The summed E-state index contributed by atoms with van der Waals surface area (Å²) in [6.45, 7) is 12.8. The van der Waals surface area contributed by atoms with Crippen LogP contribution in [0, 0.1) is 0 Å². The number of hydrogen-bond acceptors (Lipinski definition) is 4. The number of ether oxygens (including phenoxy) is 3. The Kier molecular flexibility index (Phi) is 11.6. The molecule has 4 rings (SSSR count). The van der Waals surface area contributed by atoms with Crippen LogP contribution < -0.4 is 14.2 Å². The molecule has 0 amide bonds. The molecule has 0 atom stereocenters. The molecule has 4 heteroatoms. The molecule has 4 nitrogen and oxygen atoms in total. The molecule has 0 aromatic heterocycles. The maximum atomic E-state index is 6.20. The van der Waals surface area contributed by atoms with Crippen molar-refractivity contribution in [3.8, 4) is 17.2 Å². The van der Waals surface area contributed by atoms with Crippen molar-refractivity contribution in [2.24, 2.45) is 0 Å². The Morgan fingerprint density at radius 2 is 1.59 bits per heavy atom. The van der Waals surface area contributed by atoms with E-state index in [2.05, 4.69) is 73.4 Å². The third-order valence-electron chi connectivity index (χ3n) is 6.51. The van der Waals surface area contributed by atoms with Crippen LogP contribution in [0.15, 0.2) is 72.8 Å². The largest absolute Gasteiger partial charge is 0.493 e. The summed E-state index contributed by atoms with van der Waals surface area (Å²) in [6, 6.07) is 23.0. The molecule has 0 radical (unpaired) electrons. The van der Waals surface area contributed by atoms with E-state index in [9.17, 15) is 0 Å². The van der Waals surface area contributed by atoms with Gasteiger partial charge in [-0.2, -0.15) is 0 Å². The molecule has 1 aliphatic carbocycles. The average Bonchev–Trinajstić information content (AvgIpc) is 2.96. The van der Waals surface area contributed by atoms with Gasteiger partial charge in [-0.3, -0.25) is 0 Å². The molecular weight excluding hydrogens is 458 g/mol. The Morgan fingerprint density at radius 3 is 2.27 bits per heavy atom. The van der Waals surface area contributed by atoms with Gasteiger partial charge in [0.25, 0.3) is 0 Å². The predicted molar refractivity (Wildman–Crippen MR) is 155 cm³/mol. The number of aryl methyl sites for hydroxylation is 1. The second kappa shape index (κ2) is 15.1. The van der Waals surface area contributed by atoms with Crippen molar-refractivity contribution in [2.75, 3.05) is 33.4 Å². The summed E-state index contributed by atoms with van der Waals surface area (Å²) < 4.78 is 17.9. The molecule has 0 unspecified atom stereocenters. The Balaban J connectivity index is 0.00000186. The first-order valence-corrected chi connectivity index (χ1v) is 13.8. The van der Waals surface area contributed by atoms with Crippen molar-refractivity contribution in [2.45, 2.75) is 53.6 Å². The van der Waals surface area contributed by atoms with Crippen molar-refractivity contribution in [1.82, 2.24) is 4.90 Å². The topological polar surface area (TPSA) is 30.9 Å². The zero-order chi connectivity index (χ0) is 26.5. The Morgan fingerprint density at radius 1 is 0.838 bits per heavy atom. The standard InChI is InChI=1S/C31H37NO3.C2H6/c1-4-18-32(5-2)19-20-34-27-16-14-25(15-17-27)28-13-9-12-26-21-30(33-3)31(22-29(26)28)35-23-24-10-7-6-8-11-24;1-2/h6-8,10-11,13-17,21-22H,4-5,9,12,18-20,23H2,1-3H3;1-2H3. The summed E-state index contributed by atoms with van der Waals surface area (Å²) in [5, 5.41) is 0. The van der Waals surface area contributed by atoms with Crippen LogP contribution in [0.25, 0.3) is 5.57 Å². The van der Waals surface area contributed by atoms with Crippen LogP contribution in [0.3, 0.4) is 0 Å². The number of benzene rings is 3. The summed E-state index contributed by atoms with van der Waals surface area (Å²) in [7, 11) is 1.71. The highest BCUT2D eigenvalue weighted by atomic mass is 16.5. The van der Waals surface area contributed by atoms with E-state index in [1.807, 2.05) is 32.0 Å². The highest BCUT2D eigenvalue weighted by Gasteiger charge is 2.19. The lowest BCUT2D eigenvalue weighted by atomic mass is 9.86. The Hall–Kier alpha value is -3.24. The molecule has 198 valence electrons. The normalized spacial score (nSPS) is 12.2. The quantitative estimate of drug-likeness (QED) is 0.253. The minimum absolute atomic E-state index is 0.509. The van der Waals surface area contributed by atoms with Gasteiger partial charge in [-0.1, -0.05) is 76.2 Å². The van der Waals surface area contributed by atoms with Gasteiger partial charge in [-0.15, -0.1) is 0 Å². The molecule has 3 aromatic carbocycles. The Labute approximate surface area is 223 Å². The summed E-state index contributed by atoms with van der Waals surface area (Å²) in [5.41, 5.74) is 6.08. The first-order valence-electron chi connectivity index (χ1n) is 13.8. The van der Waals surface area contributed by atoms with Crippen LogP contribution in [-0.4, -0.2) is 38.3 Å². The second-order valence-corrected chi connectivity index (χ2v) is 8.90. The predicted octanol–water partition coefficient (Wildman–Crippen LogP) is 7.79. The SMILES string of the molecule is CC.CCCN(CC)CCOc1ccc(C2=CCCc3cc(OC)c(OCc4ccccc4)cc32)cc1. The number of hydrogen-bond donors (Lipinski definition) is 0. The summed E-state index contributed by atoms with van der Waals surface area (Å²) in [4.78, 5) is 2.42. The van der Waals surface area contributed by atoms with E-state index in [4.69, 9.17) is 14.2 Å². The summed E-state index contributed by atoms with van der Waals surface area (Å²) in [5.74, 6) is 2.48. The van der Waals surface area contributed by atoms with Gasteiger partial charge in [0.1, 0.15) is 19.0 Å². The lowest BCUT2D eigenvalue weighted by Crippen LogP contribution is -2.28. The fourth-order valence-electron chi connectivity index (χ4n) is 4.59. The van der Waals surface area contributed by atoms with Crippen LogP contribution in [-0.2, 0) is 13.0 Å². The molecule has 37 heavy (non-hydrogen) atoms. The maximum absolute atomic E-state index is 6.20. The van der Waals surface area contributed by atoms with Crippen molar-refractivity contribution in [3.05, 3.63) is 95.1 Å². The van der Waals surface area contributed by atoms with Gasteiger partial charge in [0.2, 0.25) is 0 Å². The number of rotatable bonds is 12. The van der Waals surface area contributed by atoms with Gasteiger partial charge in [-0.05, 0) is 84.4 Å². The molecular formula is C33H43NO3. The molecule has 0 N–H and O–H groups in total.